The van der Waals surface area contributed by atoms with Crippen LogP contribution in [0.1, 0.15) is 50.5 Å². The SMILES string of the molecule is N#CC1(Cc2c(Cl)cccc2[N+](=O)[O-])CCCCCCC1. The molecule has 0 aliphatic heterocycles. The van der Waals surface area contributed by atoms with Gasteiger partial charge in [-0.1, -0.05) is 49.8 Å². The second-order valence-electron chi connectivity index (χ2n) is 5.83. The van der Waals surface area contributed by atoms with Gasteiger partial charge in [0, 0.05) is 11.6 Å². The normalized spacial score (nSPS) is 18.3. The van der Waals surface area contributed by atoms with E-state index in [1.54, 1.807) is 12.1 Å². The van der Waals surface area contributed by atoms with Crippen LogP contribution < -0.4 is 0 Å². The van der Waals surface area contributed by atoms with Crippen LogP contribution in [0.4, 0.5) is 5.69 Å². The number of benzene rings is 1. The highest BCUT2D eigenvalue weighted by Gasteiger charge is 2.34. The van der Waals surface area contributed by atoms with Crippen molar-refractivity contribution >= 4 is 17.3 Å². The zero-order valence-electron chi connectivity index (χ0n) is 12.0. The number of nitriles is 1. The molecule has 5 heteroatoms. The quantitative estimate of drug-likeness (QED) is 0.580. The van der Waals surface area contributed by atoms with Gasteiger partial charge in [-0.3, -0.25) is 10.1 Å². The summed E-state index contributed by atoms with van der Waals surface area (Å²) in [6.07, 6.45) is 7.46. The van der Waals surface area contributed by atoms with Gasteiger partial charge in [0.25, 0.3) is 5.69 Å². The molecule has 1 saturated carbocycles. The van der Waals surface area contributed by atoms with Crippen molar-refractivity contribution < 1.29 is 4.92 Å². The highest BCUT2D eigenvalue weighted by atomic mass is 35.5. The second-order valence-corrected chi connectivity index (χ2v) is 6.24. The lowest BCUT2D eigenvalue weighted by molar-refractivity contribution is -0.385. The monoisotopic (exact) mass is 306 g/mol. The van der Waals surface area contributed by atoms with Crippen LogP contribution in [0.5, 0.6) is 0 Å². The van der Waals surface area contributed by atoms with Gasteiger partial charge in [-0.25, -0.2) is 0 Å². The molecule has 0 bridgehead atoms. The summed E-state index contributed by atoms with van der Waals surface area (Å²) >= 11 is 6.17. The van der Waals surface area contributed by atoms with Crippen molar-refractivity contribution in [1.29, 1.82) is 5.26 Å². The molecule has 112 valence electrons. The van der Waals surface area contributed by atoms with Crippen LogP contribution in [-0.2, 0) is 6.42 Å². The smallest absolute Gasteiger partial charge is 0.258 e. The third kappa shape index (κ3) is 3.74. The maximum absolute atomic E-state index is 11.2. The molecule has 0 aromatic heterocycles. The Hall–Kier alpha value is -1.60. The number of nitro benzene ring substituents is 1. The van der Waals surface area contributed by atoms with E-state index in [0.29, 0.717) is 17.0 Å². The first-order valence-corrected chi connectivity index (χ1v) is 7.79. The summed E-state index contributed by atoms with van der Waals surface area (Å²) < 4.78 is 0. The summed E-state index contributed by atoms with van der Waals surface area (Å²) in [6, 6.07) is 7.16. The van der Waals surface area contributed by atoms with E-state index in [1.165, 1.54) is 12.5 Å². The van der Waals surface area contributed by atoms with Gasteiger partial charge in [0.05, 0.1) is 21.4 Å². The Morgan fingerprint density at radius 3 is 2.43 bits per heavy atom. The molecule has 4 nitrogen and oxygen atoms in total. The molecular formula is C16H19ClN2O2. The maximum Gasteiger partial charge on any atom is 0.274 e. The Bertz CT molecular complexity index is 558. The van der Waals surface area contributed by atoms with E-state index < -0.39 is 10.3 Å². The van der Waals surface area contributed by atoms with Crippen LogP contribution in [0.15, 0.2) is 18.2 Å². The van der Waals surface area contributed by atoms with Gasteiger partial charge in [0.2, 0.25) is 0 Å². The minimum Gasteiger partial charge on any atom is -0.258 e. The van der Waals surface area contributed by atoms with Crippen LogP contribution >= 0.6 is 11.6 Å². The molecule has 1 aromatic rings. The van der Waals surface area contributed by atoms with E-state index in [9.17, 15) is 15.4 Å². The van der Waals surface area contributed by atoms with E-state index in [1.807, 2.05) is 0 Å². The van der Waals surface area contributed by atoms with E-state index >= 15 is 0 Å². The van der Waals surface area contributed by atoms with Crippen LogP contribution in [0.3, 0.4) is 0 Å². The third-order valence-corrected chi connectivity index (χ3v) is 4.71. The first-order valence-electron chi connectivity index (χ1n) is 7.41. The number of nitrogens with zero attached hydrogens (tertiary/aromatic N) is 2. The molecule has 0 atom stereocenters. The van der Waals surface area contributed by atoms with Crippen LogP contribution in [0.2, 0.25) is 5.02 Å². The summed E-state index contributed by atoms with van der Waals surface area (Å²) in [5.74, 6) is 0. The molecule has 0 spiro atoms. The number of hydrogen-bond donors (Lipinski definition) is 0. The van der Waals surface area contributed by atoms with Crippen LogP contribution in [0, 0.1) is 26.9 Å². The van der Waals surface area contributed by atoms with E-state index in [4.69, 9.17) is 11.6 Å². The van der Waals surface area contributed by atoms with Crippen LogP contribution in [-0.4, -0.2) is 4.92 Å². The van der Waals surface area contributed by atoms with Crippen molar-refractivity contribution in [3.63, 3.8) is 0 Å². The molecular weight excluding hydrogens is 288 g/mol. The minimum absolute atomic E-state index is 0.0270. The number of rotatable bonds is 3. The molecule has 0 unspecified atom stereocenters. The Labute approximate surface area is 129 Å². The maximum atomic E-state index is 11.2. The van der Waals surface area contributed by atoms with Crippen LogP contribution in [0.25, 0.3) is 0 Å². The van der Waals surface area contributed by atoms with Crippen molar-refractivity contribution in [3.05, 3.63) is 38.9 Å². The van der Waals surface area contributed by atoms with Crippen molar-refractivity contribution in [2.75, 3.05) is 0 Å². The molecule has 1 fully saturated rings. The molecule has 0 N–H and O–H groups in total. The van der Waals surface area contributed by atoms with Crippen molar-refractivity contribution in [2.24, 2.45) is 5.41 Å². The van der Waals surface area contributed by atoms with Gasteiger partial charge in [-0.2, -0.15) is 5.26 Å². The lowest BCUT2D eigenvalue weighted by Gasteiger charge is -2.28. The largest absolute Gasteiger partial charge is 0.274 e. The van der Waals surface area contributed by atoms with E-state index in [0.717, 1.165) is 38.5 Å². The average molecular weight is 307 g/mol. The Morgan fingerprint density at radius 1 is 1.24 bits per heavy atom. The lowest BCUT2D eigenvalue weighted by atomic mass is 9.73. The lowest BCUT2D eigenvalue weighted by Crippen LogP contribution is -2.23. The molecule has 0 heterocycles. The van der Waals surface area contributed by atoms with Crippen molar-refractivity contribution in [3.8, 4) is 6.07 Å². The topological polar surface area (TPSA) is 66.9 Å². The highest BCUT2D eigenvalue weighted by Crippen LogP contribution is 2.40. The zero-order valence-corrected chi connectivity index (χ0v) is 12.7. The predicted molar refractivity (Wildman–Crippen MR) is 82.2 cm³/mol. The van der Waals surface area contributed by atoms with Gasteiger partial charge in [-0.15, -0.1) is 0 Å². The number of hydrogen-bond acceptors (Lipinski definition) is 3. The molecule has 2 rings (SSSR count). The molecule has 1 aliphatic carbocycles. The first kappa shape index (κ1) is 15.8. The Morgan fingerprint density at radius 2 is 1.86 bits per heavy atom. The predicted octanol–water partition coefficient (Wildman–Crippen LogP) is 5.04. The zero-order chi connectivity index (χ0) is 15.3. The average Bonchev–Trinajstić information content (AvgIpc) is 2.43. The van der Waals surface area contributed by atoms with Gasteiger partial charge in [-0.05, 0) is 25.3 Å². The second kappa shape index (κ2) is 6.91. The fraction of sp³-hybridized carbons (Fsp3) is 0.562. The summed E-state index contributed by atoms with van der Waals surface area (Å²) in [5, 5.41) is 21.3. The first-order chi connectivity index (χ1) is 10.1. The molecule has 1 aromatic carbocycles. The number of nitro groups is 1. The molecule has 1 aliphatic rings. The summed E-state index contributed by atoms with van der Waals surface area (Å²) in [4.78, 5) is 10.8. The third-order valence-electron chi connectivity index (χ3n) is 4.35. The van der Waals surface area contributed by atoms with E-state index in [2.05, 4.69) is 6.07 Å². The Kier molecular flexibility index (Phi) is 5.19. The molecule has 21 heavy (non-hydrogen) atoms. The summed E-state index contributed by atoms with van der Waals surface area (Å²) in [5.41, 5.74) is 0.0152. The molecule has 0 radical (unpaired) electrons. The van der Waals surface area contributed by atoms with Gasteiger partial charge in [0.1, 0.15) is 0 Å². The van der Waals surface area contributed by atoms with Crippen molar-refractivity contribution in [2.45, 2.75) is 51.4 Å². The van der Waals surface area contributed by atoms with Gasteiger partial charge >= 0.3 is 0 Å². The minimum atomic E-state index is -0.518. The Balaban J connectivity index is 2.33. The van der Waals surface area contributed by atoms with Crippen molar-refractivity contribution in [1.82, 2.24) is 0 Å². The summed E-state index contributed by atoms with van der Waals surface area (Å²) in [7, 11) is 0. The molecule has 0 amide bonds. The van der Waals surface area contributed by atoms with Gasteiger partial charge < -0.3 is 0 Å². The fourth-order valence-corrected chi connectivity index (χ4v) is 3.38. The van der Waals surface area contributed by atoms with Gasteiger partial charge in [0.15, 0.2) is 0 Å². The molecule has 0 saturated heterocycles. The standard InChI is InChI=1S/C16H19ClN2O2/c17-14-7-6-8-15(19(20)21)13(14)11-16(12-18)9-4-2-1-3-5-10-16/h6-8H,1-5,9-11H2. The fourth-order valence-electron chi connectivity index (χ4n) is 3.14. The highest BCUT2D eigenvalue weighted by molar-refractivity contribution is 6.31. The number of halogens is 1. The van der Waals surface area contributed by atoms with E-state index in [-0.39, 0.29) is 5.69 Å². The summed E-state index contributed by atoms with van der Waals surface area (Å²) in [6.45, 7) is 0.